The average molecular weight is 253 g/mol. The standard InChI is InChI=1S/C12H13ClN2S/c13-10-4-1-3-9(7-10)12-15-11(8-16-12)5-2-6-14/h1,3-4,7-8H,2,5-6,14H2. The third-order valence-electron chi connectivity index (χ3n) is 2.26. The Bertz CT molecular complexity index is 468. The first-order valence-corrected chi connectivity index (χ1v) is 6.46. The van der Waals surface area contributed by atoms with Gasteiger partial charge in [-0.3, -0.25) is 0 Å². The van der Waals surface area contributed by atoms with Crippen LogP contribution in [0.4, 0.5) is 0 Å². The summed E-state index contributed by atoms with van der Waals surface area (Å²) in [6.45, 7) is 0.712. The van der Waals surface area contributed by atoms with Crippen LogP contribution in [-0.2, 0) is 6.42 Å². The lowest BCUT2D eigenvalue weighted by Crippen LogP contribution is -2.00. The molecule has 2 nitrogen and oxygen atoms in total. The monoisotopic (exact) mass is 252 g/mol. The molecule has 0 saturated carbocycles. The zero-order valence-corrected chi connectivity index (χ0v) is 10.4. The van der Waals surface area contributed by atoms with Crippen LogP contribution in [0.5, 0.6) is 0 Å². The molecular weight excluding hydrogens is 240 g/mol. The van der Waals surface area contributed by atoms with Crippen LogP contribution in [0.2, 0.25) is 5.02 Å². The smallest absolute Gasteiger partial charge is 0.123 e. The first-order valence-electron chi connectivity index (χ1n) is 5.20. The van der Waals surface area contributed by atoms with Crippen LogP contribution in [-0.4, -0.2) is 11.5 Å². The number of halogens is 1. The third kappa shape index (κ3) is 2.82. The van der Waals surface area contributed by atoms with E-state index in [9.17, 15) is 0 Å². The number of benzene rings is 1. The van der Waals surface area contributed by atoms with Crippen molar-refractivity contribution in [3.63, 3.8) is 0 Å². The van der Waals surface area contributed by atoms with E-state index >= 15 is 0 Å². The number of thiazole rings is 1. The minimum atomic E-state index is 0.712. The fraction of sp³-hybridized carbons (Fsp3) is 0.250. The molecule has 2 N–H and O–H groups in total. The molecule has 2 aromatic rings. The number of nitrogens with two attached hydrogens (primary N) is 1. The number of aromatic nitrogens is 1. The zero-order chi connectivity index (χ0) is 11.4. The Morgan fingerprint density at radius 2 is 2.25 bits per heavy atom. The largest absolute Gasteiger partial charge is 0.330 e. The van der Waals surface area contributed by atoms with Gasteiger partial charge in [-0.25, -0.2) is 4.98 Å². The molecule has 0 saturated heterocycles. The highest BCUT2D eigenvalue weighted by molar-refractivity contribution is 7.13. The topological polar surface area (TPSA) is 38.9 Å². The number of rotatable bonds is 4. The molecule has 0 amide bonds. The summed E-state index contributed by atoms with van der Waals surface area (Å²) in [4.78, 5) is 4.56. The van der Waals surface area contributed by atoms with Crippen molar-refractivity contribution in [1.29, 1.82) is 0 Å². The number of hydrogen-bond donors (Lipinski definition) is 1. The van der Waals surface area contributed by atoms with Crippen LogP contribution in [0, 0.1) is 0 Å². The summed E-state index contributed by atoms with van der Waals surface area (Å²) < 4.78 is 0. The van der Waals surface area contributed by atoms with Gasteiger partial charge in [0, 0.05) is 16.0 Å². The van der Waals surface area contributed by atoms with Gasteiger partial charge in [0.15, 0.2) is 0 Å². The Morgan fingerprint density at radius 3 is 3.00 bits per heavy atom. The molecule has 1 heterocycles. The Hall–Kier alpha value is -0.900. The molecular formula is C12H13ClN2S. The van der Waals surface area contributed by atoms with Crippen molar-refractivity contribution >= 4 is 22.9 Å². The Kier molecular flexibility index (Phi) is 3.93. The maximum absolute atomic E-state index is 5.95. The fourth-order valence-electron chi connectivity index (χ4n) is 1.46. The summed E-state index contributed by atoms with van der Waals surface area (Å²) in [7, 11) is 0. The summed E-state index contributed by atoms with van der Waals surface area (Å²) in [5.41, 5.74) is 7.67. The predicted octanol–water partition coefficient (Wildman–Crippen LogP) is 3.35. The molecule has 16 heavy (non-hydrogen) atoms. The molecule has 2 rings (SSSR count). The van der Waals surface area contributed by atoms with Crippen LogP contribution < -0.4 is 5.73 Å². The number of hydrogen-bond acceptors (Lipinski definition) is 3. The van der Waals surface area contributed by atoms with E-state index in [1.807, 2.05) is 24.3 Å². The van der Waals surface area contributed by atoms with Gasteiger partial charge in [-0.1, -0.05) is 23.7 Å². The molecule has 0 unspecified atom stereocenters. The van der Waals surface area contributed by atoms with Crippen molar-refractivity contribution in [2.24, 2.45) is 5.73 Å². The second-order valence-electron chi connectivity index (χ2n) is 3.55. The van der Waals surface area contributed by atoms with Gasteiger partial charge in [-0.15, -0.1) is 11.3 Å². The van der Waals surface area contributed by atoms with Gasteiger partial charge in [0.1, 0.15) is 5.01 Å². The molecule has 0 aliphatic heterocycles. The Morgan fingerprint density at radius 1 is 1.38 bits per heavy atom. The van der Waals surface area contributed by atoms with Crippen LogP contribution in [0.15, 0.2) is 29.6 Å². The van der Waals surface area contributed by atoms with E-state index in [-0.39, 0.29) is 0 Å². The SMILES string of the molecule is NCCCc1csc(-c2cccc(Cl)c2)n1. The predicted molar refractivity (Wildman–Crippen MR) is 69.9 cm³/mol. The maximum atomic E-state index is 5.95. The van der Waals surface area contributed by atoms with Gasteiger partial charge in [0.2, 0.25) is 0 Å². The highest BCUT2D eigenvalue weighted by Crippen LogP contribution is 2.26. The van der Waals surface area contributed by atoms with Crippen LogP contribution in [0.1, 0.15) is 12.1 Å². The van der Waals surface area contributed by atoms with E-state index in [0.29, 0.717) is 6.54 Å². The summed E-state index contributed by atoms with van der Waals surface area (Å²) in [5.74, 6) is 0. The van der Waals surface area contributed by atoms with Gasteiger partial charge in [-0.2, -0.15) is 0 Å². The minimum Gasteiger partial charge on any atom is -0.330 e. The summed E-state index contributed by atoms with van der Waals surface area (Å²) in [6.07, 6.45) is 1.94. The van der Waals surface area contributed by atoms with Gasteiger partial charge in [-0.05, 0) is 31.5 Å². The van der Waals surface area contributed by atoms with Crippen LogP contribution in [0.3, 0.4) is 0 Å². The molecule has 0 aliphatic rings. The van der Waals surface area contributed by atoms with Crippen molar-refractivity contribution < 1.29 is 0 Å². The van der Waals surface area contributed by atoms with Crippen LogP contribution >= 0.6 is 22.9 Å². The summed E-state index contributed by atoms with van der Waals surface area (Å²) >= 11 is 7.60. The molecule has 84 valence electrons. The normalized spacial score (nSPS) is 10.6. The second kappa shape index (κ2) is 5.43. The van der Waals surface area contributed by atoms with E-state index in [2.05, 4.69) is 10.4 Å². The quantitative estimate of drug-likeness (QED) is 0.906. The molecule has 0 bridgehead atoms. The van der Waals surface area contributed by atoms with Crippen LogP contribution in [0.25, 0.3) is 10.6 Å². The Labute approximate surface area is 104 Å². The second-order valence-corrected chi connectivity index (χ2v) is 4.84. The number of nitrogens with zero attached hydrogens (tertiary/aromatic N) is 1. The lowest BCUT2D eigenvalue weighted by atomic mass is 10.2. The summed E-state index contributed by atoms with van der Waals surface area (Å²) in [5, 5.41) is 3.86. The highest BCUT2D eigenvalue weighted by Gasteiger charge is 2.04. The van der Waals surface area contributed by atoms with E-state index in [0.717, 1.165) is 34.1 Å². The maximum Gasteiger partial charge on any atom is 0.123 e. The van der Waals surface area contributed by atoms with E-state index < -0.39 is 0 Å². The zero-order valence-electron chi connectivity index (χ0n) is 8.82. The highest BCUT2D eigenvalue weighted by atomic mass is 35.5. The molecule has 1 aromatic carbocycles. The van der Waals surface area contributed by atoms with Crippen molar-refractivity contribution in [3.05, 3.63) is 40.4 Å². The van der Waals surface area contributed by atoms with Crippen molar-refractivity contribution in [2.45, 2.75) is 12.8 Å². The number of aryl methyl sites for hydroxylation is 1. The lowest BCUT2D eigenvalue weighted by molar-refractivity contribution is 0.816. The fourth-order valence-corrected chi connectivity index (χ4v) is 2.50. The van der Waals surface area contributed by atoms with Crippen molar-refractivity contribution in [3.8, 4) is 10.6 Å². The molecule has 0 fully saturated rings. The molecule has 0 aliphatic carbocycles. The first-order chi connectivity index (χ1) is 7.79. The summed E-state index contributed by atoms with van der Waals surface area (Å²) in [6, 6.07) is 7.77. The average Bonchev–Trinajstić information content (AvgIpc) is 2.75. The lowest BCUT2D eigenvalue weighted by Gasteiger charge is -1.96. The molecule has 4 heteroatoms. The van der Waals surface area contributed by atoms with Gasteiger partial charge in [0.25, 0.3) is 0 Å². The van der Waals surface area contributed by atoms with Crippen molar-refractivity contribution in [2.75, 3.05) is 6.54 Å². The van der Waals surface area contributed by atoms with Crippen molar-refractivity contribution in [1.82, 2.24) is 4.98 Å². The first kappa shape index (κ1) is 11.6. The van der Waals surface area contributed by atoms with E-state index in [1.54, 1.807) is 11.3 Å². The Balaban J connectivity index is 2.18. The van der Waals surface area contributed by atoms with E-state index in [4.69, 9.17) is 17.3 Å². The van der Waals surface area contributed by atoms with Gasteiger partial charge >= 0.3 is 0 Å². The minimum absolute atomic E-state index is 0.712. The molecule has 0 atom stereocenters. The van der Waals surface area contributed by atoms with E-state index in [1.165, 1.54) is 0 Å². The molecule has 1 aromatic heterocycles. The third-order valence-corrected chi connectivity index (χ3v) is 3.44. The molecule has 0 radical (unpaired) electrons. The van der Waals surface area contributed by atoms with Gasteiger partial charge in [0.05, 0.1) is 5.69 Å². The van der Waals surface area contributed by atoms with Gasteiger partial charge < -0.3 is 5.73 Å². The molecule has 0 spiro atoms.